The second-order valence-corrected chi connectivity index (χ2v) is 13.9. The highest BCUT2D eigenvalue weighted by molar-refractivity contribution is 5.44. The van der Waals surface area contributed by atoms with Crippen molar-refractivity contribution in [1.82, 2.24) is 0 Å². The van der Waals surface area contributed by atoms with Crippen LogP contribution in [0.15, 0.2) is 0 Å². The molecule has 1 heteroatoms. The Morgan fingerprint density at radius 3 is 1.77 bits per heavy atom. The standard InChI is InChI=1S/C28H54.C4H10.C2H4O/c1-9-12-21(5)24-18-19-28(8)25(22(6)15-11-14-20(3)4)16-17-26(28)27(24)23(7)13-10-2;1-4(2)3;1-2-3/h20-27H,9-19H2,1-8H3;4H,1-3H3;2H,1H3. The molecule has 2 fully saturated rings. The molecule has 35 heavy (non-hydrogen) atoms. The van der Waals surface area contributed by atoms with E-state index in [-0.39, 0.29) is 0 Å². The van der Waals surface area contributed by atoms with Gasteiger partial charge < -0.3 is 4.79 Å². The molecule has 0 bridgehead atoms. The summed E-state index contributed by atoms with van der Waals surface area (Å²) in [5.74, 6) is 8.47. The summed E-state index contributed by atoms with van der Waals surface area (Å²) in [5.41, 5.74) is 0.631. The van der Waals surface area contributed by atoms with E-state index in [1.165, 1.54) is 77.6 Å². The van der Waals surface area contributed by atoms with Crippen LogP contribution < -0.4 is 0 Å². The Morgan fingerprint density at radius 1 is 0.771 bits per heavy atom. The van der Waals surface area contributed by atoms with Crippen molar-refractivity contribution < 1.29 is 4.79 Å². The molecule has 0 N–H and O–H groups in total. The van der Waals surface area contributed by atoms with E-state index < -0.39 is 0 Å². The van der Waals surface area contributed by atoms with Gasteiger partial charge in [-0.05, 0) is 91.3 Å². The Hall–Kier alpha value is -0.330. The van der Waals surface area contributed by atoms with Gasteiger partial charge in [0.15, 0.2) is 0 Å². The molecule has 1 nitrogen and oxygen atoms in total. The summed E-state index contributed by atoms with van der Waals surface area (Å²) >= 11 is 0. The third kappa shape index (κ3) is 11.3. The fourth-order valence-corrected chi connectivity index (χ4v) is 8.05. The fraction of sp³-hybridized carbons (Fsp3) is 0.971. The van der Waals surface area contributed by atoms with E-state index in [0.717, 1.165) is 59.5 Å². The lowest BCUT2D eigenvalue weighted by molar-refractivity contribution is -0.106. The summed E-state index contributed by atoms with van der Waals surface area (Å²) in [5, 5.41) is 0. The van der Waals surface area contributed by atoms with Crippen molar-refractivity contribution >= 4 is 6.29 Å². The van der Waals surface area contributed by atoms with E-state index in [1.807, 2.05) is 0 Å². The predicted molar refractivity (Wildman–Crippen MR) is 159 cm³/mol. The van der Waals surface area contributed by atoms with Crippen LogP contribution in [0.25, 0.3) is 0 Å². The van der Waals surface area contributed by atoms with Gasteiger partial charge >= 0.3 is 0 Å². The Kier molecular flexibility index (Phi) is 17.8. The van der Waals surface area contributed by atoms with Gasteiger partial charge in [-0.25, -0.2) is 0 Å². The number of fused-ring (bicyclic) bond motifs is 1. The van der Waals surface area contributed by atoms with Crippen LogP contribution in [0.4, 0.5) is 0 Å². The number of aldehydes is 1. The van der Waals surface area contributed by atoms with Gasteiger partial charge in [0.05, 0.1) is 0 Å². The van der Waals surface area contributed by atoms with Crippen LogP contribution in [-0.2, 0) is 4.79 Å². The Labute approximate surface area is 223 Å². The first kappa shape index (κ1) is 34.7. The molecule has 8 atom stereocenters. The van der Waals surface area contributed by atoms with Crippen molar-refractivity contribution in [2.45, 2.75) is 154 Å². The predicted octanol–water partition coefficient (Wildman–Crippen LogP) is 11.2. The average Bonchev–Trinajstić information content (AvgIpc) is 3.10. The summed E-state index contributed by atoms with van der Waals surface area (Å²) in [6.07, 6.45) is 16.8. The maximum atomic E-state index is 8.81. The van der Waals surface area contributed by atoms with Crippen molar-refractivity contribution in [3.63, 3.8) is 0 Å². The van der Waals surface area contributed by atoms with Crippen molar-refractivity contribution in [2.75, 3.05) is 0 Å². The van der Waals surface area contributed by atoms with Gasteiger partial charge in [-0.2, -0.15) is 0 Å². The number of hydrogen-bond acceptors (Lipinski definition) is 1. The number of hydrogen-bond donors (Lipinski definition) is 0. The van der Waals surface area contributed by atoms with Gasteiger partial charge in [-0.3, -0.25) is 0 Å². The Morgan fingerprint density at radius 2 is 1.29 bits per heavy atom. The summed E-state index contributed by atoms with van der Waals surface area (Å²) < 4.78 is 0. The minimum atomic E-state index is 0.631. The molecule has 210 valence electrons. The van der Waals surface area contributed by atoms with Crippen LogP contribution in [0.2, 0.25) is 0 Å². The molecule has 0 saturated heterocycles. The Balaban J connectivity index is 0.00000146. The molecule has 2 aliphatic carbocycles. The lowest BCUT2D eigenvalue weighted by Gasteiger charge is -2.53. The first-order valence-electron chi connectivity index (χ1n) is 15.8. The Bertz CT molecular complexity index is 520. The topological polar surface area (TPSA) is 17.1 Å². The molecule has 0 amide bonds. The monoisotopic (exact) mass is 493 g/mol. The SMILES string of the molecule is CC(C)C.CC=O.CCCC(C)C1CCC2(C)C(C(C)CCCC(C)C)CCC2C1C(C)CCC. The van der Waals surface area contributed by atoms with E-state index in [4.69, 9.17) is 4.79 Å². The summed E-state index contributed by atoms with van der Waals surface area (Å²) in [4.78, 5) is 8.81. The molecule has 0 aliphatic heterocycles. The van der Waals surface area contributed by atoms with Crippen molar-refractivity contribution in [3.05, 3.63) is 0 Å². The number of carbonyl (C=O) groups is 1. The second-order valence-electron chi connectivity index (χ2n) is 13.9. The molecule has 0 aromatic heterocycles. The average molecular weight is 493 g/mol. The van der Waals surface area contributed by atoms with Crippen LogP contribution >= 0.6 is 0 Å². The zero-order valence-electron chi connectivity index (χ0n) is 26.5. The maximum Gasteiger partial charge on any atom is 0.116 e. The van der Waals surface area contributed by atoms with Gasteiger partial charge in [0.1, 0.15) is 6.29 Å². The molecule has 0 aromatic rings. The van der Waals surface area contributed by atoms with Crippen molar-refractivity contribution in [1.29, 1.82) is 0 Å². The van der Waals surface area contributed by atoms with Crippen LogP contribution in [0, 0.1) is 58.7 Å². The van der Waals surface area contributed by atoms with E-state index in [9.17, 15) is 0 Å². The van der Waals surface area contributed by atoms with Gasteiger partial charge in [0.25, 0.3) is 0 Å². The minimum Gasteiger partial charge on any atom is -0.304 e. The zero-order valence-corrected chi connectivity index (χ0v) is 26.5. The van der Waals surface area contributed by atoms with Gasteiger partial charge in [0.2, 0.25) is 0 Å². The van der Waals surface area contributed by atoms with Crippen LogP contribution in [0.1, 0.15) is 154 Å². The molecular formula is C34H68O. The largest absolute Gasteiger partial charge is 0.304 e. The quantitative estimate of drug-likeness (QED) is 0.262. The van der Waals surface area contributed by atoms with Crippen LogP contribution in [-0.4, -0.2) is 6.29 Å². The fourth-order valence-electron chi connectivity index (χ4n) is 8.05. The summed E-state index contributed by atoms with van der Waals surface area (Å²) in [7, 11) is 0. The second kappa shape index (κ2) is 18.0. The number of carbonyl (C=O) groups excluding carboxylic acids is 1. The summed E-state index contributed by atoms with van der Waals surface area (Å²) in [6, 6.07) is 0. The molecule has 0 aromatic carbocycles. The van der Waals surface area contributed by atoms with E-state index >= 15 is 0 Å². The maximum absolute atomic E-state index is 8.81. The molecule has 2 saturated carbocycles. The molecule has 2 rings (SSSR count). The highest BCUT2D eigenvalue weighted by Crippen LogP contribution is 2.63. The molecule has 0 heterocycles. The van der Waals surface area contributed by atoms with Gasteiger partial charge in [-0.15, -0.1) is 0 Å². The third-order valence-corrected chi connectivity index (χ3v) is 9.46. The van der Waals surface area contributed by atoms with Crippen molar-refractivity contribution in [3.8, 4) is 0 Å². The molecular weight excluding hydrogens is 424 g/mol. The summed E-state index contributed by atoms with van der Waals surface area (Å²) in [6.45, 7) is 28.0. The van der Waals surface area contributed by atoms with Crippen molar-refractivity contribution in [2.24, 2.45) is 58.7 Å². The number of rotatable bonds is 11. The molecule has 2 aliphatic rings. The van der Waals surface area contributed by atoms with E-state index in [2.05, 4.69) is 76.2 Å². The molecule has 8 unspecified atom stereocenters. The highest BCUT2D eigenvalue weighted by Gasteiger charge is 2.55. The third-order valence-electron chi connectivity index (χ3n) is 9.46. The lowest BCUT2D eigenvalue weighted by atomic mass is 9.52. The van der Waals surface area contributed by atoms with E-state index in [0.29, 0.717) is 5.41 Å². The highest BCUT2D eigenvalue weighted by atomic mass is 16.1. The minimum absolute atomic E-state index is 0.631. The molecule has 0 radical (unpaired) electrons. The first-order chi connectivity index (χ1) is 16.4. The van der Waals surface area contributed by atoms with Crippen LogP contribution in [0.5, 0.6) is 0 Å². The van der Waals surface area contributed by atoms with Crippen LogP contribution in [0.3, 0.4) is 0 Å². The van der Waals surface area contributed by atoms with E-state index in [1.54, 1.807) is 0 Å². The zero-order chi connectivity index (χ0) is 27.2. The smallest absolute Gasteiger partial charge is 0.116 e. The van der Waals surface area contributed by atoms with Gasteiger partial charge in [0, 0.05) is 0 Å². The normalized spacial score (nSPS) is 30.5. The van der Waals surface area contributed by atoms with Gasteiger partial charge in [-0.1, -0.05) is 121 Å². The first-order valence-corrected chi connectivity index (χ1v) is 15.8. The molecule has 0 spiro atoms. The lowest BCUT2D eigenvalue weighted by Crippen LogP contribution is -2.46.